The minimum Gasteiger partial charge on any atom is -0.451 e. The molecule has 5 heteroatoms. The first-order valence-corrected chi connectivity index (χ1v) is 9.40. The largest absolute Gasteiger partial charge is 0.451 e. The lowest BCUT2D eigenvalue weighted by Gasteiger charge is -2.33. The minimum atomic E-state index is -0.176. The molecular formula is C20H25ClN2O2. The van der Waals surface area contributed by atoms with Gasteiger partial charge in [-0.15, -0.1) is 0 Å². The van der Waals surface area contributed by atoms with E-state index in [9.17, 15) is 4.79 Å². The summed E-state index contributed by atoms with van der Waals surface area (Å²) < 4.78 is 5.67. The van der Waals surface area contributed by atoms with Gasteiger partial charge in [-0.1, -0.05) is 30.2 Å². The Balaban J connectivity index is 1.48. The first kappa shape index (κ1) is 18.0. The SMILES string of the molecule is C[C@@H]1CCCCN1CCCNC(=O)c1ccc(-c2ccccc2Cl)o1. The summed E-state index contributed by atoms with van der Waals surface area (Å²) in [4.78, 5) is 14.8. The molecule has 2 heterocycles. The lowest BCUT2D eigenvalue weighted by molar-refractivity contribution is 0.0922. The summed E-state index contributed by atoms with van der Waals surface area (Å²) in [6, 6.07) is 11.6. The fourth-order valence-corrected chi connectivity index (χ4v) is 3.56. The van der Waals surface area contributed by atoms with E-state index < -0.39 is 0 Å². The Bertz CT molecular complexity index is 713. The number of benzene rings is 1. The number of carbonyl (C=O) groups is 1. The van der Waals surface area contributed by atoms with Crippen molar-refractivity contribution in [2.45, 2.75) is 38.6 Å². The molecule has 1 aliphatic heterocycles. The summed E-state index contributed by atoms with van der Waals surface area (Å²) >= 11 is 6.17. The number of rotatable bonds is 6. The fourth-order valence-electron chi connectivity index (χ4n) is 3.33. The molecule has 2 aromatic rings. The summed E-state index contributed by atoms with van der Waals surface area (Å²) in [5.74, 6) is 0.754. The van der Waals surface area contributed by atoms with Gasteiger partial charge in [-0.2, -0.15) is 0 Å². The van der Waals surface area contributed by atoms with Gasteiger partial charge in [0.05, 0.1) is 5.02 Å². The van der Waals surface area contributed by atoms with Gasteiger partial charge in [0, 0.05) is 24.7 Å². The number of amides is 1. The Kier molecular flexibility index (Phi) is 6.16. The van der Waals surface area contributed by atoms with Gasteiger partial charge in [0.1, 0.15) is 5.76 Å². The van der Waals surface area contributed by atoms with Crippen LogP contribution in [0.5, 0.6) is 0 Å². The number of carbonyl (C=O) groups excluding carboxylic acids is 1. The van der Waals surface area contributed by atoms with E-state index in [0.717, 1.165) is 18.5 Å². The summed E-state index contributed by atoms with van der Waals surface area (Å²) in [5.41, 5.74) is 0.794. The van der Waals surface area contributed by atoms with Gasteiger partial charge in [0.2, 0.25) is 0 Å². The van der Waals surface area contributed by atoms with Crippen LogP contribution >= 0.6 is 11.6 Å². The lowest BCUT2D eigenvalue weighted by Crippen LogP contribution is -2.39. The molecular weight excluding hydrogens is 336 g/mol. The molecule has 3 rings (SSSR count). The zero-order valence-corrected chi connectivity index (χ0v) is 15.4. The first-order valence-electron chi connectivity index (χ1n) is 9.02. The maximum Gasteiger partial charge on any atom is 0.287 e. The van der Waals surface area contributed by atoms with Gasteiger partial charge < -0.3 is 14.6 Å². The third-order valence-corrected chi connectivity index (χ3v) is 5.15. The number of likely N-dealkylation sites (tertiary alicyclic amines) is 1. The van der Waals surface area contributed by atoms with Crippen molar-refractivity contribution in [3.8, 4) is 11.3 Å². The molecule has 1 saturated heterocycles. The molecule has 1 aromatic carbocycles. The van der Waals surface area contributed by atoms with Crippen LogP contribution in [0.1, 0.15) is 43.2 Å². The van der Waals surface area contributed by atoms with E-state index in [1.54, 1.807) is 18.2 Å². The third kappa shape index (κ3) is 4.65. The Labute approximate surface area is 154 Å². The van der Waals surface area contributed by atoms with Gasteiger partial charge in [0.15, 0.2) is 5.76 Å². The van der Waals surface area contributed by atoms with E-state index in [1.807, 2.05) is 18.2 Å². The topological polar surface area (TPSA) is 45.5 Å². The van der Waals surface area contributed by atoms with Gasteiger partial charge >= 0.3 is 0 Å². The molecule has 0 aliphatic carbocycles. The average molecular weight is 361 g/mol. The maximum atomic E-state index is 12.2. The van der Waals surface area contributed by atoms with E-state index in [0.29, 0.717) is 29.1 Å². The molecule has 0 saturated carbocycles. The van der Waals surface area contributed by atoms with Gasteiger partial charge in [0.25, 0.3) is 5.91 Å². The zero-order chi connectivity index (χ0) is 17.6. The molecule has 0 unspecified atom stereocenters. The quantitative estimate of drug-likeness (QED) is 0.766. The van der Waals surface area contributed by atoms with Crippen molar-refractivity contribution in [1.29, 1.82) is 0 Å². The van der Waals surface area contributed by atoms with Crippen molar-refractivity contribution in [1.82, 2.24) is 10.2 Å². The first-order chi connectivity index (χ1) is 12.1. The maximum absolute atomic E-state index is 12.2. The van der Waals surface area contributed by atoms with Crippen LogP contribution in [0.2, 0.25) is 5.02 Å². The Morgan fingerprint density at radius 1 is 1.28 bits per heavy atom. The van der Waals surface area contributed by atoms with Gasteiger partial charge in [-0.05, 0) is 57.0 Å². The van der Waals surface area contributed by atoms with E-state index in [4.69, 9.17) is 16.0 Å². The molecule has 4 nitrogen and oxygen atoms in total. The van der Waals surface area contributed by atoms with Crippen molar-refractivity contribution in [3.05, 3.63) is 47.2 Å². The van der Waals surface area contributed by atoms with Crippen LogP contribution < -0.4 is 5.32 Å². The number of piperidine rings is 1. The predicted octanol–water partition coefficient (Wildman–Crippen LogP) is 4.59. The van der Waals surface area contributed by atoms with Crippen molar-refractivity contribution in [2.75, 3.05) is 19.6 Å². The third-order valence-electron chi connectivity index (χ3n) is 4.82. The number of hydrogen-bond donors (Lipinski definition) is 1. The minimum absolute atomic E-state index is 0.176. The molecule has 1 atom stereocenters. The van der Waals surface area contributed by atoms with Crippen LogP contribution in [-0.2, 0) is 0 Å². The van der Waals surface area contributed by atoms with Gasteiger partial charge in [-0.3, -0.25) is 4.79 Å². The molecule has 1 N–H and O–H groups in total. The van der Waals surface area contributed by atoms with Crippen molar-refractivity contribution >= 4 is 17.5 Å². The normalized spacial score (nSPS) is 18.2. The molecule has 1 amide bonds. The Hall–Kier alpha value is -1.78. The second-order valence-corrected chi connectivity index (χ2v) is 7.04. The summed E-state index contributed by atoms with van der Waals surface area (Å²) in [7, 11) is 0. The highest BCUT2D eigenvalue weighted by Gasteiger charge is 2.18. The molecule has 0 spiro atoms. The number of nitrogens with zero attached hydrogens (tertiary/aromatic N) is 1. The van der Waals surface area contributed by atoms with Gasteiger partial charge in [-0.25, -0.2) is 0 Å². The summed E-state index contributed by atoms with van der Waals surface area (Å²) in [5, 5.41) is 3.55. The molecule has 134 valence electrons. The summed E-state index contributed by atoms with van der Waals surface area (Å²) in [6.07, 6.45) is 4.85. The molecule has 25 heavy (non-hydrogen) atoms. The molecule has 1 fully saturated rings. The predicted molar refractivity (Wildman–Crippen MR) is 101 cm³/mol. The number of furan rings is 1. The second kappa shape index (κ2) is 8.54. The van der Waals surface area contributed by atoms with E-state index in [-0.39, 0.29) is 5.91 Å². The molecule has 0 radical (unpaired) electrons. The fraction of sp³-hybridized carbons (Fsp3) is 0.450. The van der Waals surface area contributed by atoms with Crippen LogP contribution in [0.4, 0.5) is 0 Å². The Morgan fingerprint density at radius 3 is 2.92 bits per heavy atom. The highest BCUT2D eigenvalue weighted by Crippen LogP contribution is 2.29. The molecule has 1 aromatic heterocycles. The van der Waals surface area contributed by atoms with Crippen LogP contribution in [0.25, 0.3) is 11.3 Å². The monoisotopic (exact) mass is 360 g/mol. The van der Waals surface area contributed by atoms with Crippen LogP contribution in [-0.4, -0.2) is 36.5 Å². The highest BCUT2D eigenvalue weighted by atomic mass is 35.5. The van der Waals surface area contributed by atoms with Crippen LogP contribution in [0, 0.1) is 0 Å². The lowest BCUT2D eigenvalue weighted by atomic mass is 10.0. The van der Waals surface area contributed by atoms with Crippen LogP contribution in [0.3, 0.4) is 0 Å². The average Bonchev–Trinajstić information content (AvgIpc) is 3.10. The zero-order valence-electron chi connectivity index (χ0n) is 14.6. The smallest absolute Gasteiger partial charge is 0.287 e. The molecule has 0 bridgehead atoms. The number of hydrogen-bond acceptors (Lipinski definition) is 3. The highest BCUT2D eigenvalue weighted by molar-refractivity contribution is 6.33. The van der Waals surface area contributed by atoms with Crippen LogP contribution in [0.15, 0.2) is 40.8 Å². The van der Waals surface area contributed by atoms with E-state index in [1.165, 1.54) is 25.8 Å². The number of nitrogens with one attached hydrogen (secondary N) is 1. The number of halogens is 1. The summed E-state index contributed by atoms with van der Waals surface area (Å²) in [6.45, 7) is 5.15. The van der Waals surface area contributed by atoms with E-state index >= 15 is 0 Å². The van der Waals surface area contributed by atoms with Crippen molar-refractivity contribution < 1.29 is 9.21 Å². The van der Waals surface area contributed by atoms with Crippen molar-refractivity contribution in [3.63, 3.8) is 0 Å². The van der Waals surface area contributed by atoms with Crippen molar-refractivity contribution in [2.24, 2.45) is 0 Å². The Morgan fingerprint density at radius 2 is 2.12 bits per heavy atom. The second-order valence-electron chi connectivity index (χ2n) is 6.63. The molecule has 1 aliphatic rings. The van der Waals surface area contributed by atoms with E-state index in [2.05, 4.69) is 17.1 Å². The standard InChI is InChI=1S/C20H25ClN2O2/c1-15-7-4-5-13-23(15)14-6-12-22-20(24)19-11-10-18(25-19)16-8-2-3-9-17(16)21/h2-3,8-11,15H,4-7,12-14H2,1H3,(H,22,24)/t15-/m1/s1.